The summed E-state index contributed by atoms with van der Waals surface area (Å²) in [4.78, 5) is 16.1. The lowest BCUT2D eigenvalue weighted by molar-refractivity contribution is -0.149. The highest BCUT2D eigenvalue weighted by atomic mass is 19.1. The van der Waals surface area contributed by atoms with Crippen molar-refractivity contribution < 1.29 is 18.7 Å². The second-order valence-electron chi connectivity index (χ2n) is 6.67. The van der Waals surface area contributed by atoms with Crippen molar-refractivity contribution in [1.82, 2.24) is 10.6 Å². The lowest BCUT2D eigenvalue weighted by Gasteiger charge is -2.29. The molecule has 6 nitrogen and oxygen atoms in total. The normalized spacial score (nSPS) is 21.4. The Kier molecular flexibility index (Phi) is 8.51. The summed E-state index contributed by atoms with van der Waals surface area (Å²) >= 11 is 0. The van der Waals surface area contributed by atoms with Crippen molar-refractivity contribution in [3.63, 3.8) is 0 Å². The van der Waals surface area contributed by atoms with Crippen LogP contribution in [-0.2, 0) is 14.3 Å². The first-order valence-electron chi connectivity index (χ1n) is 9.49. The van der Waals surface area contributed by atoms with Crippen molar-refractivity contribution in [2.75, 3.05) is 27.3 Å². The fraction of sp³-hybridized carbons (Fsp3) is 0.600. The maximum Gasteiger partial charge on any atom is 0.308 e. The third kappa shape index (κ3) is 6.50. The van der Waals surface area contributed by atoms with Crippen molar-refractivity contribution >= 4 is 11.9 Å². The van der Waals surface area contributed by atoms with Crippen LogP contribution >= 0.6 is 0 Å². The summed E-state index contributed by atoms with van der Waals surface area (Å²) in [5.74, 6) is 0.353. The number of carbonyl (C=O) groups is 1. The van der Waals surface area contributed by atoms with Gasteiger partial charge in [-0.25, -0.2) is 4.39 Å². The topological polar surface area (TPSA) is 72.0 Å². The van der Waals surface area contributed by atoms with Gasteiger partial charge in [0.05, 0.1) is 18.6 Å². The molecule has 0 bridgehead atoms. The number of hydrogen-bond donors (Lipinski definition) is 2. The molecule has 0 amide bonds. The van der Waals surface area contributed by atoms with Gasteiger partial charge in [-0.05, 0) is 50.3 Å². The number of aliphatic imine (C=N–C) groups is 1. The van der Waals surface area contributed by atoms with Crippen LogP contribution in [0.5, 0.6) is 0 Å². The van der Waals surface area contributed by atoms with Gasteiger partial charge in [-0.3, -0.25) is 9.79 Å². The fourth-order valence-corrected chi connectivity index (χ4v) is 3.33. The van der Waals surface area contributed by atoms with Crippen LogP contribution in [0, 0.1) is 11.7 Å². The van der Waals surface area contributed by atoms with Gasteiger partial charge in [0, 0.05) is 26.7 Å². The SMILES string of the molecule is CCOC(=O)C1CCC(NC(=NC)NCC(OC)c2ccc(F)cc2)CC1. The van der Waals surface area contributed by atoms with Crippen LogP contribution in [0.25, 0.3) is 0 Å². The molecule has 1 unspecified atom stereocenters. The Morgan fingerprint density at radius 2 is 1.93 bits per heavy atom. The molecule has 0 radical (unpaired) electrons. The van der Waals surface area contributed by atoms with Gasteiger partial charge in [-0.2, -0.15) is 0 Å². The Balaban J connectivity index is 1.80. The molecule has 0 aliphatic heterocycles. The van der Waals surface area contributed by atoms with Crippen LogP contribution < -0.4 is 10.6 Å². The highest BCUT2D eigenvalue weighted by molar-refractivity contribution is 5.80. The zero-order valence-electron chi connectivity index (χ0n) is 16.3. The van der Waals surface area contributed by atoms with E-state index in [0.29, 0.717) is 19.1 Å². The molecule has 1 aliphatic carbocycles. The number of benzene rings is 1. The van der Waals surface area contributed by atoms with E-state index in [9.17, 15) is 9.18 Å². The average molecular weight is 379 g/mol. The largest absolute Gasteiger partial charge is 0.466 e. The summed E-state index contributed by atoms with van der Waals surface area (Å²) in [6.07, 6.45) is 3.24. The number of methoxy groups -OCH3 is 1. The molecule has 2 N–H and O–H groups in total. The molecule has 7 heteroatoms. The van der Waals surface area contributed by atoms with Crippen LogP contribution in [0.1, 0.15) is 44.3 Å². The molecule has 1 aromatic carbocycles. The first kappa shape index (κ1) is 21.2. The summed E-state index contributed by atoms with van der Waals surface area (Å²) in [5.41, 5.74) is 0.900. The third-order valence-corrected chi connectivity index (χ3v) is 4.89. The van der Waals surface area contributed by atoms with Crippen molar-refractivity contribution in [2.45, 2.75) is 44.8 Å². The van der Waals surface area contributed by atoms with E-state index in [2.05, 4.69) is 15.6 Å². The number of hydrogen-bond acceptors (Lipinski definition) is 4. The second-order valence-corrected chi connectivity index (χ2v) is 6.67. The number of ether oxygens (including phenoxy) is 2. The number of rotatable bonds is 7. The summed E-state index contributed by atoms with van der Waals surface area (Å²) in [7, 11) is 3.35. The fourth-order valence-electron chi connectivity index (χ4n) is 3.33. The van der Waals surface area contributed by atoms with E-state index < -0.39 is 0 Å². The van der Waals surface area contributed by atoms with Crippen LogP contribution in [-0.4, -0.2) is 45.3 Å². The van der Waals surface area contributed by atoms with Gasteiger partial charge in [0.25, 0.3) is 0 Å². The predicted octanol–water partition coefficient (Wildman–Crippen LogP) is 2.80. The highest BCUT2D eigenvalue weighted by Crippen LogP contribution is 2.25. The Labute approximate surface area is 160 Å². The van der Waals surface area contributed by atoms with Crippen LogP contribution in [0.15, 0.2) is 29.3 Å². The lowest BCUT2D eigenvalue weighted by Crippen LogP contribution is -2.46. The van der Waals surface area contributed by atoms with Gasteiger partial charge in [0.15, 0.2) is 5.96 Å². The van der Waals surface area contributed by atoms with Crippen LogP contribution in [0.3, 0.4) is 0 Å². The molecule has 0 heterocycles. The van der Waals surface area contributed by atoms with E-state index in [1.807, 2.05) is 6.92 Å². The number of nitrogens with one attached hydrogen (secondary N) is 2. The zero-order chi connectivity index (χ0) is 19.6. The number of guanidine groups is 1. The predicted molar refractivity (Wildman–Crippen MR) is 103 cm³/mol. The standard InChI is InChI=1S/C20H30FN3O3/c1-4-27-19(25)15-7-11-17(12-8-15)24-20(22-2)23-13-18(26-3)14-5-9-16(21)10-6-14/h5-6,9-10,15,17-18H,4,7-8,11-13H2,1-3H3,(H2,22,23,24). The van der Waals surface area contributed by atoms with Crippen molar-refractivity contribution in [1.29, 1.82) is 0 Å². The minimum Gasteiger partial charge on any atom is -0.466 e. The zero-order valence-corrected chi connectivity index (χ0v) is 16.3. The first-order chi connectivity index (χ1) is 13.1. The molecule has 1 saturated carbocycles. The summed E-state index contributed by atoms with van der Waals surface area (Å²) < 4.78 is 23.7. The maximum atomic E-state index is 13.1. The van der Waals surface area contributed by atoms with E-state index in [1.165, 1.54) is 12.1 Å². The monoisotopic (exact) mass is 379 g/mol. The molecule has 1 aromatic rings. The van der Waals surface area contributed by atoms with E-state index in [-0.39, 0.29) is 29.9 Å². The summed E-state index contributed by atoms with van der Waals surface area (Å²) in [6, 6.07) is 6.57. The minimum atomic E-state index is -0.266. The minimum absolute atomic E-state index is 0.00863. The molecule has 0 aromatic heterocycles. The molecule has 0 saturated heterocycles. The quantitative estimate of drug-likeness (QED) is 0.433. The third-order valence-electron chi connectivity index (χ3n) is 4.89. The van der Waals surface area contributed by atoms with Crippen LogP contribution in [0.4, 0.5) is 4.39 Å². The average Bonchev–Trinajstić information content (AvgIpc) is 2.69. The maximum absolute atomic E-state index is 13.1. The molecule has 0 spiro atoms. The lowest BCUT2D eigenvalue weighted by atomic mass is 9.86. The highest BCUT2D eigenvalue weighted by Gasteiger charge is 2.27. The van der Waals surface area contributed by atoms with Gasteiger partial charge in [0.2, 0.25) is 0 Å². The van der Waals surface area contributed by atoms with Crippen molar-refractivity contribution in [2.24, 2.45) is 10.9 Å². The molecule has 1 fully saturated rings. The first-order valence-corrected chi connectivity index (χ1v) is 9.49. The van der Waals surface area contributed by atoms with Gasteiger partial charge in [-0.15, -0.1) is 0 Å². The summed E-state index contributed by atoms with van der Waals surface area (Å²) in [6.45, 7) is 2.78. The van der Waals surface area contributed by atoms with Gasteiger partial charge in [0.1, 0.15) is 5.82 Å². The molecule has 1 aliphatic rings. The van der Waals surface area contributed by atoms with E-state index >= 15 is 0 Å². The van der Waals surface area contributed by atoms with E-state index in [1.54, 1.807) is 26.3 Å². The van der Waals surface area contributed by atoms with Crippen molar-refractivity contribution in [3.8, 4) is 0 Å². The molecule has 1 atom stereocenters. The van der Waals surface area contributed by atoms with Gasteiger partial charge >= 0.3 is 5.97 Å². The molecule has 2 rings (SSSR count). The summed E-state index contributed by atoms with van der Waals surface area (Å²) in [5, 5.41) is 6.67. The second kappa shape index (κ2) is 10.9. The number of halogens is 1. The van der Waals surface area contributed by atoms with E-state index in [4.69, 9.17) is 9.47 Å². The molecular formula is C20H30FN3O3. The van der Waals surface area contributed by atoms with Crippen molar-refractivity contribution in [3.05, 3.63) is 35.6 Å². The molecular weight excluding hydrogens is 349 g/mol. The Morgan fingerprint density at radius 1 is 1.26 bits per heavy atom. The number of nitrogens with zero attached hydrogens (tertiary/aromatic N) is 1. The molecule has 27 heavy (non-hydrogen) atoms. The molecule has 150 valence electrons. The Morgan fingerprint density at radius 3 is 2.48 bits per heavy atom. The van der Waals surface area contributed by atoms with Crippen LogP contribution in [0.2, 0.25) is 0 Å². The van der Waals surface area contributed by atoms with E-state index in [0.717, 1.165) is 31.2 Å². The Bertz CT molecular complexity index is 613. The smallest absolute Gasteiger partial charge is 0.308 e. The Hall–Kier alpha value is -2.15. The van der Waals surface area contributed by atoms with Gasteiger partial charge in [-0.1, -0.05) is 12.1 Å². The number of carbonyl (C=O) groups excluding carboxylic acids is 1. The number of esters is 1. The van der Waals surface area contributed by atoms with Gasteiger partial charge < -0.3 is 20.1 Å².